The normalized spacial score (nSPS) is 25.8. The van der Waals surface area contributed by atoms with Crippen molar-refractivity contribution >= 4 is 32.6 Å². The summed E-state index contributed by atoms with van der Waals surface area (Å²) in [6.07, 6.45) is 0.516. The second kappa shape index (κ2) is 4.56. The lowest BCUT2D eigenvalue weighted by atomic mass is 10.2. The first-order chi connectivity index (χ1) is 9.37. The molecule has 0 aliphatic carbocycles. The third kappa shape index (κ3) is 2.22. The van der Waals surface area contributed by atoms with Gasteiger partial charge in [0.05, 0.1) is 23.6 Å². The van der Waals surface area contributed by atoms with Gasteiger partial charge in [0, 0.05) is 17.1 Å². The maximum Gasteiger partial charge on any atom is 0.152 e. The fourth-order valence-corrected chi connectivity index (χ4v) is 5.22. The molecule has 0 radical (unpaired) electrons. The molecule has 20 heavy (non-hydrogen) atoms. The highest BCUT2D eigenvalue weighted by molar-refractivity contribution is 7.91. The van der Waals surface area contributed by atoms with Crippen LogP contribution in [-0.4, -0.2) is 53.3 Å². The third-order valence-electron chi connectivity index (χ3n) is 3.61. The van der Waals surface area contributed by atoms with Gasteiger partial charge in [0.2, 0.25) is 0 Å². The summed E-state index contributed by atoms with van der Waals surface area (Å²) in [6, 6.07) is -0.215. The number of hydrogen-bond donors (Lipinski definition) is 2. The van der Waals surface area contributed by atoms with Crippen molar-refractivity contribution in [1.82, 2.24) is 9.88 Å². The van der Waals surface area contributed by atoms with E-state index in [0.29, 0.717) is 17.0 Å². The van der Waals surface area contributed by atoms with Crippen molar-refractivity contribution in [3.63, 3.8) is 0 Å². The molecule has 8 heteroatoms. The number of nitrogens with one attached hydrogen (secondary N) is 1. The Kier molecular flexibility index (Phi) is 3.09. The minimum Gasteiger partial charge on any atom is -0.510 e. The van der Waals surface area contributed by atoms with Gasteiger partial charge < -0.3 is 10.0 Å². The van der Waals surface area contributed by atoms with E-state index in [1.807, 2.05) is 12.3 Å². The van der Waals surface area contributed by atoms with Crippen LogP contribution in [-0.2, 0) is 9.84 Å². The van der Waals surface area contributed by atoms with Gasteiger partial charge in [-0.3, -0.25) is 5.41 Å². The second-order valence-electron chi connectivity index (χ2n) is 5.15. The molecular weight excluding hydrogens is 298 g/mol. The van der Waals surface area contributed by atoms with Crippen molar-refractivity contribution in [3.8, 4) is 0 Å². The van der Waals surface area contributed by atoms with Crippen molar-refractivity contribution in [2.75, 3.05) is 18.1 Å². The first kappa shape index (κ1) is 13.6. The molecule has 2 aliphatic heterocycles. The van der Waals surface area contributed by atoms with Crippen LogP contribution >= 0.6 is 11.3 Å². The van der Waals surface area contributed by atoms with Crippen LogP contribution in [0.25, 0.3) is 5.57 Å². The van der Waals surface area contributed by atoms with Gasteiger partial charge in [0.1, 0.15) is 16.6 Å². The Bertz CT molecular complexity index is 705. The lowest BCUT2D eigenvalue weighted by Crippen LogP contribution is -2.38. The average molecular weight is 313 g/mol. The number of hydrogen-bond acceptors (Lipinski definition) is 6. The summed E-state index contributed by atoms with van der Waals surface area (Å²) in [6.45, 7) is 2.06. The molecule has 0 spiro atoms. The van der Waals surface area contributed by atoms with Crippen molar-refractivity contribution in [2.45, 2.75) is 19.4 Å². The quantitative estimate of drug-likeness (QED) is 0.855. The highest BCUT2D eigenvalue weighted by Gasteiger charge is 2.39. The lowest BCUT2D eigenvalue weighted by molar-refractivity contribution is 0.309. The van der Waals surface area contributed by atoms with Crippen molar-refractivity contribution in [3.05, 3.63) is 21.8 Å². The number of aliphatic hydroxyl groups is 1. The van der Waals surface area contributed by atoms with E-state index < -0.39 is 9.84 Å². The Morgan fingerprint density at radius 1 is 1.55 bits per heavy atom. The summed E-state index contributed by atoms with van der Waals surface area (Å²) < 4.78 is 23.1. The zero-order valence-electron chi connectivity index (χ0n) is 11.0. The second-order valence-corrected chi connectivity index (χ2v) is 8.24. The molecule has 1 aromatic heterocycles. The van der Waals surface area contributed by atoms with Crippen LogP contribution in [0.15, 0.2) is 11.1 Å². The molecule has 108 valence electrons. The van der Waals surface area contributed by atoms with Gasteiger partial charge in [-0.15, -0.1) is 11.3 Å². The zero-order valence-corrected chi connectivity index (χ0v) is 12.6. The molecule has 2 N–H and O–H groups in total. The Balaban J connectivity index is 1.86. The van der Waals surface area contributed by atoms with E-state index in [2.05, 4.69) is 4.98 Å². The largest absolute Gasteiger partial charge is 0.510 e. The van der Waals surface area contributed by atoms with Gasteiger partial charge in [-0.1, -0.05) is 0 Å². The predicted octanol–water partition coefficient (Wildman–Crippen LogP) is 1.20. The van der Waals surface area contributed by atoms with Gasteiger partial charge in [0.15, 0.2) is 9.84 Å². The van der Waals surface area contributed by atoms with Gasteiger partial charge in [0.25, 0.3) is 0 Å². The number of rotatable bonds is 2. The van der Waals surface area contributed by atoms with Crippen LogP contribution in [0.3, 0.4) is 0 Å². The number of aromatic nitrogens is 1. The standard InChI is InChI=1S/C12H15N3O3S2/c1-7-5-19-12(14-7)10-9(16)4-15(11(10)13)8-2-3-20(17,18)6-8/h5,8,13,16H,2-4,6H2,1H3/t8-/m1/s1. The molecule has 1 saturated heterocycles. The Morgan fingerprint density at radius 3 is 2.85 bits per heavy atom. The first-order valence-electron chi connectivity index (χ1n) is 6.28. The van der Waals surface area contributed by atoms with E-state index in [1.165, 1.54) is 11.3 Å². The lowest BCUT2D eigenvalue weighted by Gasteiger charge is -2.24. The molecule has 6 nitrogen and oxygen atoms in total. The Labute approximate surface area is 121 Å². The summed E-state index contributed by atoms with van der Waals surface area (Å²) in [4.78, 5) is 5.97. The first-order valence-corrected chi connectivity index (χ1v) is 8.98. The fourth-order valence-electron chi connectivity index (χ4n) is 2.63. The van der Waals surface area contributed by atoms with Crippen LogP contribution in [0, 0.1) is 12.3 Å². The van der Waals surface area contributed by atoms with E-state index in [4.69, 9.17) is 5.41 Å². The number of nitrogens with zero attached hydrogens (tertiary/aromatic N) is 2. The summed E-state index contributed by atoms with van der Waals surface area (Å²) in [5.41, 5.74) is 1.28. The summed E-state index contributed by atoms with van der Waals surface area (Å²) >= 11 is 1.38. The molecule has 3 rings (SSSR count). The minimum absolute atomic E-state index is 0.0623. The summed E-state index contributed by atoms with van der Waals surface area (Å²) in [7, 11) is -3.00. The molecule has 0 unspecified atom stereocenters. The molecule has 0 saturated carbocycles. The van der Waals surface area contributed by atoms with E-state index >= 15 is 0 Å². The van der Waals surface area contributed by atoms with Crippen LogP contribution < -0.4 is 0 Å². The molecule has 0 amide bonds. The summed E-state index contributed by atoms with van der Waals surface area (Å²) in [5, 5.41) is 20.8. The molecule has 0 aromatic carbocycles. The Hall–Kier alpha value is -1.41. The number of thiazole rings is 1. The van der Waals surface area contributed by atoms with E-state index in [-0.39, 0.29) is 35.7 Å². The zero-order chi connectivity index (χ0) is 14.5. The molecule has 1 fully saturated rings. The van der Waals surface area contributed by atoms with Crippen LogP contribution in [0.1, 0.15) is 17.1 Å². The minimum atomic E-state index is -3.00. The van der Waals surface area contributed by atoms with Crippen molar-refractivity contribution < 1.29 is 13.5 Å². The number of aliphatic hydroxyl groups excluding tert-OH is 1. The van der Waals surface area contributed by atoms with Gasteiger partial charge in [-0.2, -0.15) is 0 Å². The molecule has 1 aromatic rings. The van der Waals surface area contributed by atoms with Crippen LogP contribution in [0.4, 0.5) is 0 Å². The molecule has 3 heterocycles. The van der Waals surface area contributed by atoms with Crippen molar-refractivity contribution in [1.29, 1.82) is 5.41 Å². The van der Waals surface area contributed by atoms with Gasteiger partial charge in [-0.05, 0) is 13.3 Å². The fraction of sp³-hybridized carbons (Fsp3) is 0.500. The highest BCUT2D eigenvalue weighted by atomic mass is 32.2. The summed E-state index contributed by atoms with van der Waals surface area (Å²) in [5.74, 6) is 0.508. The smallest absolute Gasteiger partial charge is 0.152 e. The van der Waals surface area contributed by atoms with Crippen LogP contribution in [0.5, 0.6) is 0 Å². The van der Waals surface area contributed by atoms with E-state index in [1.54, 1.807) is 4.90 Å². The maximum atomic E-state index is 11.6. The van der Waals surface area contributed by atoms with E-state index in [9.17, 15) is 13.5 Å². The predicted molar refractivity (Wildman–Crippen MR) is 77.9 cm³/mol. The van der Waals surface area contributed by atoms with Gasteiger partial charge in [-0.25, -0.2) is 13.4 Å². The topological polar surface area (TPSA) is 94.4 Å². The van der Waals surface area contributed by atoms with E-state index in [0.717, 1.165) is 5.69 Å². The van der Waals surface area contributed by atoms with Crippen LogP contribution in [0.2, 0.25) is 0 Å². The molecule has 2 aliphatic rings. The Morgan fingerprint density at radius 2 is 2.30 bits per heavy atom. The number of amidine groups is 1. The number of aryl methyl sites for hydroxylation is 1. The molecule has 1 atom stereocenters. The average Bonchev–Trinajstić information content (AvgIpc) is 2.99. The van der Waals surface area contributed by atoms with Crippen molar-refractivity contribution in [2.24, 2.45) is 0 Å². The monoisotopic (exact) mass is 313 g/mol. The third-order valence-corrected chi connectivity index (χ3v) is 6.34. The maximum absolute atomic E-state index is 11.6. The highest BCUT2D eigenvalue weighted by Crippen LogP contribution is 2.32. The molecular formula is C12H15N3O3S2. The SMILES string of the molecule is Cc1csc(C2=C(O)CN([C@@H]3CCS(=O)(=O)C3)C2=N)n1. The molecule has 0 bridgehead atoms. The van der Waals surface area contributed by atoms with Gasteiger partial charge >= 0.3 is 0 Å². The number of sulfone groups is 1.